The van der Waals surface area contributed by atoms with Crippen molar-refractivity contribution in [2.24, 2.45) is 0 Å². The Hall–Kier alpha value is -1.51. The van der Waals surface area contributed by atoms with Crippen LogP contribution in [0, 0.1) is 6.92 Å². The van der Waals surface area contributed by atoms with Gasteiger partial charge in [-0.2, -0.15) is 0 Å². The first-order chi connectivity index (χ1) is 8.56. The fraction of sp³-hybridized carbons (Fsp3) is 0.200. The van der Waals surface area contributed by atoms with Crippen LogP contribution in [0.3, 0.4) is 0 Å². The van der Waals surface area contributed by atoms with Crippen molar-refractivity contribution in [2.75, 3.05) is 0 Å². The molecule has 0 saturated heterocycles. The van der Waals surface area contributed by atoms with Crippen molar-refractivity contribution in [1.29, 1.82) is 0 Å². The van der Waals surface area contributed by atoms with Gasteiger partial charge in [-0.1, -0.05) is 29.8 Å². The van der Waals surface area contributed by atoms with Gasteiger partial charge in [0.2, 0.25) is 0 Å². The maximum Gasteiger partial charge on any atom is 0.146 e. The zero-order valence-corrected chi connectivity index (χ0v) is 11.1. The van der Waals surface area contributed by atoms with Crippen molar-refractivity contribution in [3.63, 3.8) is 0 Å². The first-order valence-electron chi connectivity index (χ1n) is 5.78. The number of ether oxygens (including phenoxy) is 1. The summed E-state index contributed by atoms with van der Waals surface area (Å²) in [6, 6.07) is 13.0. The Morgan fingerprint density at radius 1 is 1.11 bits per heavy atom. The van der Waals surface area contributed by atoms with Gasteiger partial charge in [-0.25, -0.2) is 0 Å². The monoisotopic (exact) mass is 262 g/mol. The molecule has 18 heavy (non-hydrogen) atoms. The van der Waals surface area contributed by atoms with E-state index in [2.05, 4.69) is 0 Å². The van der Waals surface area contributed by atoms with Gasteiger partial charge in [-0.3, -0.25) is 0 Å². The standard InChI is InChI=1S/C15H15ClO2/c1-10-3-8-14(16)15(9-10)18-13-6-4-12(5-7-13)11(2)17/h3-9,11,17H,1-2H3/t11-/m0/s1. The lowest BCUT2D eigenvalue weighted by Crippen LogP contribution is -1.91. The quantitative estimate of drug-likeness (QED) is 0.883. The summed E-state index contributed by atoms with van der Waals surface area (Å²) in [7, 11) is 0. The molecule has 0 unspecified atom stereocenters. The number of benzene rings is 2. The summed E-state index contributed by atoms with van der Waals surface area (Å²) < 4.78 is 5.71. The van der Waals surface area contributed by atoms with Crippen molar-refractivity contribution in [3.05, 3.63) is 58.6 Å². The van der Waals surface area contributed by atoms with Crippen molar-refractivity contribution >= 4 is 11.6 Å². The van der Waals surface area contributed by atoms with Gasteiger partial charge in [0.25, 0.3) is 0 Å². The fourth-order valence-corrected chi connectivity index (χ4v) is 1.79. The van der Waals surface area contributed by atoms with E-state index < -0.39 is 6.10 Å². The van der Waals surface area contributed by atoms with Gasteiger partial charge in [0.05, 0.1) is 11.1 Å². The molecule has 1 N–H and O–H groups in total. The van der Waals surface area contributed by atoms with Crippen LogP contribution in [0.5, 0.6) is 11.5 Å². The highest BCUT2D eigenvalue weighted by Crippen LogP contribution is 2.30. The van der Waals surface area contributed by atoms with Crippen molar-refractivity contribution in [3.8, 4) is 11.5 Å². The molecule has 0 amide bonds. The second-order valence-electron chi connectivity index (χ2n) is 4.28. The third-order valence-electron chi connectivity index (χ3n) is 2.68. The molecule has 2 aromatic carbocycles. The molecule has 0 aliphatic rings. The molecule has 0 heterocycles. The van der Waals surface area contributed by atoms with Crippen LogP contribution in [-0.2, 0) is 0 Å². The predicted molar refractivity (Wildman–Crippen MR) is 73.3 cm³/mol. The largest absolute Gasteiger partial charge is 0.456 e. The summed E-state index contributed by atoms with van der Waals surface area (Å²) in [5.41, 5.74) is 1.95. The smallest absolute Gasteiger partial charge is 0.146 e. The second-order valence-corrected chi connectivity index (χ2v) is 4.69. The molecular weight excluding hydrogens is 248 g/mol. The molecule has 0 radical (unpaired) electrons. The Balaban J connectivity index is 2.21. The van der Waals surface area contributed by atoms with Crippen LogP contribution in [0.15, 0.2) is 42.5 Å². The molecule has 3 heteroatoms. The molecule has 0 bridgehead atoms. The molecule has 0 spiro atoms. The molecule has 0 fully saturated rings. The van der Waals surface area contributed by atoms with Gasteiger partial charge in [0.1, 0.15) is 11.5 Å². The lowest BCUT2D eigenvalue weighted by atomic mass is 10.1. The number of hydrogen-bond acceptors (Lipinski definition) is 2. The summed E-state index contributed by atoms with van der Waals surface area (Å²) in [5, 5.41) is 10.0. The van der Waals surface area contributed by atoms with Crippen LogP contribution in [0.2, 0.25) is 5.02 Å². The number of hydrogen-bond donors (Lipinski definition) is 1. The number of halogens is 1. The van der Waals surface area contributed by atoms with E-state index >= 15 is 0 Å². The van der Waals surface area contributed by atoms with Crippen LogP contribution < -0.4 is 4.74 Å². The molecule has 0 aromatic heterocycles. The highest BCUT2D eigenvalue weighted by atomic mass is 35.5. The van der Waals surface area contributed by atoms with Gasteiger partial charge in [0.15, 0.2) is 0 Å². The van der Waals surface area contributed by atoms with Crippen molar-refractivity contribution in [2.45, 2.75) is 20.0 Å². The zero-order valence-electron chi connectivity index (χ0n) is 10.4. The zero-order chi connectivity index (χ0) is 13.1. The second kappa shape index (κ2) is 5.42. The molecule has 2 rings (SSSR count). The Kier molecular flexibility index (Phi) is 3.90. The SMILES string of the molecule is Cc1ccc(Cl)c(Oc2ccc([C@H](C)O)cc2)c1. The topological polar surface area (TPSA) is 29.5 Å². The Labute approximate surface area is 112 Å². The van der Waals surface area contributed by atoms with Crippen LogP contribution in [0.1, 0.15) is 24.2 Å². The first kappa shape index (κ1) is 12.9. The minimum atomic E-state index is -0.471. The maximum absolute atomic E-state index is 9.42. The number of aliphatic hydroxyl groups is 1. The van der Waals surface area contributed by atoms with E-state index in [1.807, 2.05) is 49.4 Å². The van der Waals surface area contributed by atoms with E-state index in [-0.39, 0.29) is 0 Å². The molecule has 2 aromatic rings. The van der Waals surface area contributed by atoms with E-state index in [1.165, 1.54) is 0 Å². The van der Waals surface area contributed by atoms with Crippen LogP contribution >= 0.6 is 11.6 Å². The van der Waals surface area contributed by atoms with E-state index in [0.717, 1.165) is 11.1 Å². The maximum atomic E-state index is 9.42. The van der Waals surface area contributed by atoms with Gasteiger partial charge in [0, 0.05) is 0 Å². The van der Waals surface area contributed by atoms with Gasteiger partial charge >= 0.3 is 0 Å². The normalized spacial score (nSPS) is 12.2. The average molecular weight is 263 g/mol. The van der Waals surface area contributed by atoms with E-state index in [1.54, 1.807) is 6.92 Å². The van der Waals surface area contributed by atoms with Crippen LogP contribution in [0.25, 0.3) is 0 Å². The number of rotatable bonds is 3. The Morgan fingerprint density at radius 3 is 2.39 bits per heavy atom. The van der Waals surface area contributed by atoms with Gasteiger partial charge < -0.3 is 9.84 Å². The Morgan fingerprint density at radius 2 is 1.78 bits per heavy atom. The third-order valence-corrected chi connectivity index (χ3v) is 2.99. The highest BCUT2D eigenvalue weighted by Gasteiger charge is 2.05. The predicted octanol–water partition coefficient (Wildman–Crippen LogP) is 4.49. The summed E-state index contributed by atoms with van der Waals surface area (Å²) in [6.45, 7) is 3.72. The summed E-state index contributed by atoms with van der Waals surface area (Å²) >= 11 is 6.06. The molecule has 2 nitrogen and oxygen atoms in total. The fourth-order valence-electron chi connectivity index (χ4n) is 1.63. The lowest BCUT2D eigenvalue weighted by Gasteiger charge is -2.10. The van der Waals surface area contributed by atoms with E-state index in [0.29, 0.717) is 16.5 Å². The van der Waals surface area contributed by atoms with Crippen LogP contribution in [-0.4, -0.2) is 5.11 Å². The van der Waals surface area contributed by atoms with Gasteiger partial charge in [-0.15, -0.1) is 0 Å². The molecule has 1 atom stereocenters. The first-order valence-corrected chi connectivity index (χ1v) is 6.16. The highest BCUT2D eigenvalue weighted by molar-refractivity contribution is 6.32. The molecule has 94 valence electrons. The van der Waals surface area contributed by atoms with E-state index in [9.17, 15) is 5.11 Å². The molecule has 0 aliphatic carbocycles. The van der Waals surface area contributed by atoms with Gasteiger partial charge in [-0.05, 0) is 49.2 Å². The van der Waals surface area contributed by atoms with E-state index in [4.69, 9.17) is 16.3 Å². The third kappa shape index (κ3) is 3.03. The summed E-state index contributed by atoms with van der Waals surface area (Å²) in [6.07, 6.45) is -0.471. The lowest BCUT2D eigenvalue weighted by molar-refractivity contribution is 0.199. The minimum Gasteiger partial charge on any atom is -0.456 e. The Bertz CT molecular complexity index is 533. The average Bonchev–Trinajstić information content (AvgIpc) is 2.34. The molecular formula is C15H15ClO2. The number of aryl methyl sites for hydroxylation is 1. The molecule has 0 saturated carbocycles. The minimum absolute atomic E-state index is 0.471. The summed E-state index contributed by atoms with van der Waals surface area (Å²) in [5.74, 6) is 1.34. The van der Waals surface area contributed by atoms with Crippen LogP contribution in [0.4, 0.5) is 0 Å². The van der Waals surface area contributed by atoms with Crippen molar-refractivity contribution in [1.82, 2.24) is 0 Å². The summed E-state index contributed by atoms with van der Waals surface area (Å²) in [4.78, 5) is 0. The molecule has 0 aliphatic heterocycles. The van der Waals surface area contributed by atoms with Crippen molar-refractivity contribution < 1.29 is 9.84 Å². The number of aliphatic hydroxyl groups excluding tert-OH is 1.